The normalized spacial score (nSPS) is 11.4. The number of rotatable bonds is 6. The van der Waals surface area contributed by atoms with Crippen LogP contribution in [-0.4, -0.2) is 38.1 Å². The number of likely N-dealkylation sites (N-methyl/N-ethyl adjacent to an activating group) is 1. The minimum Gasteiger partial charge on any atom is -0.496 e. The lowest BCUT2D eigenvalue weighted by Crippen LogP contribution is -2.36. The molecule has 0 saturated carbocycles. The highest BCUT2D eigenvalue weighted by Crippen LogP contribution is 2.18. The molecule has 0 aliphatic carbocycles. The van der Waals surface area contributed by atoms with E-state index >= 15 is 0 Å². The molecule has 5 heteroatoms. The maximum Gasteiger partial charge on any atom is 0.226 e. The van der Waals surface area contributed by atoms with E-state index in [0.717, 1.165) is 17.7 Å². The molecule has 0 spiro atoms. The second-order valence-corrected chi connectivity index (χ2v) is 4.46. The Morgan fingerprint density at radius 2 is 2.05 bits per heavy atom. The first-order valence-corrected chi connectivity index (χ1v) is 6.17. The van der Waals surface area contributed by atoms with E-state index in [1.165, 1.54) is 0 Å². The van der Waals surface area contributed by atoms with Crippen LogP contribution in [0.25, 0.3) is 0 Å². The molecule has 1 rings (SSSR count). The molecule has 1 aromatic rings. The number of carbonyl (C=O) groups is 1. The molecule has 1 amide bonds. The molecule has 4 nitrogen and oxygen atoms in total. The molecule has 0 aliphatic rings. The van der Waals surface area contributed by atoms with E-state index in [9.17, 15) is 4.79 Å². The van der Waals surface area contributed by atoms with Crippen molar-refractivity contribution in [3.05, 3.63) is 29.8 Å². The molecular formula is C14H23ClN2O2. The third-order valence-electron chi connectivity index (χ3n) is 3.06. The number of amides is 1. The summed E-state index contributed by atoms with van der Waals surface area (Å²) in [6.45, 7) is 2.91. The van der Waals surface area contributed by atoms with E-state index in [1.807, 2.05) is 38.2 Å². The third-order valence-corrected chi connectivity index (χ3v) is 3.06. The predicted octanol–water partition coefficient (Wildman–Crippen LogP) is 1.71. The summed E-state index contributed by atoms with van der Waals surface area (Å²) in [5.41, 5.74) is 6.61. The third kappa shape index (κ3) is 5.09. The fraction of sp³-hybridized carbons (Fsp3) is 0.500. The van der Waals surface area contributed by atoms with Gasteiger partial charge in [-0.2, -0.15) is 0 Å². The summed E-state index contributed by atoms with van der Waals surface area (Å²) >= 11 is 0. The summed E-state index contributed by atoms with van der Waals surface area (Å²) in [5.74, 6) is 0.838. The van der Waals surface area contributed by atoms with Crippen molar-refractivity contribution < 1.29 is 9.53 Å². The summed E-state index contributed by atoms with van der Waals surface area (Å²) in [7, 11) is 3.47. The van der Waals surface area contributed by atoms with Crippen molar-refractivity contribution in [2.24, 2.45) is 11.7 Å². The molecule has 1 unspecified atom stereocenters. The standard InChI is InChI=1S/C14H22N2O2.ClH/c1-11(10-15)14(17)16(2)9-8-12-6-4-5-7-13(12)18-3;/h4-7,11H,8-10,15H2,1-3H3;1H. The second kappa shape index (κ2) is 8.77. The molecule has 1 atom stereocenters. The molecule has 0 bridgehead atoms. The monoisotopic (exact) mass is 286 g/mol. The molecule has 108 valence electrons. The van der Waals surface area contributed by atoms with Gasteiger partial charge in [0.05, 0.1) is 7.11 Å². The summed E-state index contributed by atoms with van der Waals surface area (Å²) < 4.78 is 5.28. The van der Waals surface area contributed by atoms with Crippen molar-refractivity contribution in [1.82, 2.24) is 4.90 Å². The number of carbonyl (C=O) groups excluding carboxylic acids is 1. The Morgan fingerprint density at radius 3 is 2.63 bits per heavy atom. The minimum atomic E-state index is -0.118. The number of halogens is 1. The number of nitrogens with two attached hydrogens (primary N) is 1. The molecule has 0 aliphatic heterocycles. The maximum absolute atomic E-state index is 11.9. The molecule has 0 aromatic heterocycles. The Hall–Kier alpha value is -1.26. The van der Waals surface area contributed by atoms with Gasteiger partial charge in [-0.25, -0.2) is 0 Å². The van der Waals surface area contributed by atoms with Gasteiger partial charge in [0.25, 0.3) is 0 Å². The van der Waals surface area contributed by atoms with Crippen molar-refractivity contribution in [2.75, 3.05) is 27.2 Å². The van der Waals surface area contributed by atoms with Crippen LogP contribution in [0.15, 0.2) is 24.3 Å². The first kappa shape index (κ1) is 17.7. The first-order valence-electron chi connectivity index (χ1n) is 6.17. The van der Waals surface area contributed by atoms with E-state index in [1.54, 1.807) is 12.0 Å². The topological polar surface area (TPSA) is 55.6 Å². The van der Waals surface area contributed by atoms with Crippen molar-refractivity contribution in [3.63, 3.8) is 0 Å². The van der Waals surface area contributed by atoms with Gasteiger partial charge in [0.2, 0.25) is 5.91 Å². The molecule has 19 heavy (non-hydrogen) atoms. The van der Waals surface area contributed by atoms with Gasteiger partial charge in [-0.05, 0) is 18.1 Å². The largest absolute Gasteiger partial charge is 0.496 e. The van der Waals surface area contributed by atoms with Crippen molar-refractivity contribution in [1.29, 1.82) is 0 Å². The molecule has 0 saturated heterocycles. The second-order valence-electron chi connectivity index (χ2n) is 4.46. The molecular weight excluding hydrogens is 264 g/mol. The van der Waals surface area contributed by atoms with Crippen LogP contribution >= 0.6 is 12.4 Å². The molecule has 2 N–H and O–H groups in total. The fourth-order valence-corrected chi connectivity index (χ4v) is 1.78. The van der Waals surface area contributed by atoms with Gasteiger partial charge in [-0.15, -0.1) is 12.4 Å². The van der Waals surface area contributed by atoms with Gasteiger partial charge < -0.3 is 15.4 Å². The number of hydrogen-bond acceptors (Lipinski definition) is 3. The highest BCUT2D eigenvalue weighted by molar-refractivity contribution is 5.85. The van der Waals surface area contributed by atoms with E-state index in [4.69, 9.17) is 10.5 Å². The van der Waals surface area contributed by atoms with Crippen LogP contribution in [0.5, 0.6) is 5.75 Å². The smallest absolute Gasteiger partial charge is 0.226 e. The van der Waals surface area contributed by atoms with Gasteiger partial charge in [0.15, 0.2) is 0 Å². The Balaban J connectivity index is 0.00000324. The number of methoxy groups -OCH3 is 1. The molecule has 0 heterocycles. The lowest BCUT2D eigenvalue weighted by atomic mass is 10.1. The zero-order chi connectivity index (χ0) is 13.5. The fourth-order valence-electron chi connectivity index (χ4n) is 1.78. The summed E-state index contributed by atoms with van der Waals surface area (Å²) in [4.78, 5) is 13.6. The zero-order valence-corrected chi connectivity index (χ0v) is 12.6. The van der Waals surface area contributed by atoms with Gasteiger partial charge in [0, 0.05) is 26.1 Å². The first-order chi connectivity index (χ1) is 8.60. The lowest BCUT2D eigenvalue weighted by molar-refractivity contribution is -0.133. The Morgan fingerprint density at radius 1 is 1.42 bits per heavy atom. The zero-order valence-electron chi connectivity index (χ0n) is 11.8. The van der Waals surface area contributed by atoms with Gasteiger partial charge in [-0.3, -0.25) is 4.79 Å². The molecule has 0 radical (unpaired) electrons. The number of hydrogen-bond donors (Lipinski definition) is 1. The average Bonchev–Trinajstić information content (AvgIpc) is 2.43. The van der Waals surface area contributed by atoms with E-state index in [-0.39, 0.29) is 24.2 Å². The van der Waals surface area contributed by atoms with Crippen LogP contribution in [0.3, 0.4) is 0 Å². The maximum atomic E-state index is 11.9. The Bertz CT molecular complexity index is 399. The van der Waals surface area contributed by atoms with Crippen LogP contribution in [0, 0.1) is 5.92 Å². The summed E-state index contributed by atoms with van der Waals surface area (Å²) in [5, 5.41) is 0. The quantitative estimate of drug-likeness (QED) is 0.866. The van der Waals surface area contributed by atoms with E-state index in [0.29, 0.717) is 13.1 Å². The van der Waals surface area contributed by atoms with Crippen LogP contribution in [0.4, 0.5) is 0 Å². The minimum absolute atomic E-state index is 0. The average molecular weight is 287 g/mol. The summed E-state index contributed by atoms with van der Waals surface area (Å²) in [6.07, 6.45) is 0.781. The van der Waals surface area contributed by atoms with E-state index in [2.05, 4.69) is 0 Å². The van der Waals surface area contributed by atoms with Crippen molar-refractivity contribution >= 4 is 18.3 Å². The van der Waals surface area contributed by atoms with Crippen molar-refractivity contribution in [2.45, 2.75) is 13.3 Å². The molecule has 0 fully saturated rings. The van der Waals surface area contributed by atoms with Crippen molar-refractivity contribution in [3.8, 4) is 5.75 Å². The highest BCUT2D eigenvalue weighted by atomic mass is 35.5. The number of nitrogens with zero attached hydrogens (tertiary/aromatic N) is 1. The van der Waals surface area contributed by atoms with Crippen LogP contribution < -0.4 is 10.5 Å². The van der Waals surface area contributed by atoms with Gasteiger partial charge in [-0.1, -0.05) is 25.1 Å². The van der Waals surface area contributed by atoms with Crippen LogP contribution in [-0.2, 0) is 11.2 Å². The predicted molar refractivity (Wildman–Crippen MR) is 79.8 cm³/mol. The lowest BCUT2D eigenvalue weighted by Gasteiger charge is -2.21. The number of ether oxygens (including phenoxy) is 1. The number of para-hydroxylation sites is 1. The van der Waals surface area contributed by atoms with E-state index < -0.39 is 0 Å². The Labute approximate surface area is 121 Å². The summed E-state index contributed by atoms with van der Waals surface area (Å²) in [6, 6.07) is 7.86. The SMILES string of the molecule is COc1ccccc1CCN(C)C(=O)C(C)CN.Cl. The van der Waals surface area contributed by atoms with Crippen LogP contribution in [0.2, 0.25) is 0 Å². The Kier molecular flexibility index (Phi) is 8.19. The van der Waals surface area contributed by atoms with Gasteiger partial charge >= 0.3 is 0 Å². The molecule has 1 aromatic carbocycles. The number of benzene rings is 1. The highest BCUT2D eigenvalue weighted by Gasteiger charge is 2.15. The van der Waals surface area contributed by atoms with Gasteiger partial charge in [0.1, 0.15) is 5.75 Å². The van der Waals surface area contributed by atoms with Crippen LogP contribution in [0.1, 0.15) is 12.5 Å².